The van der Waals surface area contributed by atoms with Gasteiger partial charge in [0.15, 0.2) is 6.10 Å². The molecule has 3 amide bonds. The van der Waals surface area contributed by atoms with Gasteiger partial charge < -0.3 is 10.1 Å². The van der Waals surface area contributed by atoms with Crippen LogP contribution in [0.1, 0.15) is 32.3 Å². The van der Waals surface area contributed by atoms with E-state index in [1.54, 1.807) is 24.3 Å². The Morgan fingerprint density at radius 2 is 1.66 bits per heavy atom. The first-order valence-electron chi connectivity index (χ1n) is 9.37. The number of carbonyl (C=O) groups excluding carboxylic acids is 4. The van der Waals surface area contributed by atoms with Gasteiger partial charge in [0.2, 0.25) is 11.8 Å². The topological polar surface area (TPSA) is 117 Å². The molecular weight excluding hydrogens is 374 g/mol. The number of rotatable bonds is 5. The molecule has 8 nitrogen and oxygen atoms in total. The third-order valence-corrected chi connectivity index (χ3v) is 5.21. The van der Waals surface area contributed by atoms with Gasteiger partial charge in [0.25, 0.3) is 5.91 Å². The largest absolute Gasteiger partial charge is 0.451 e. The van der Waals surface area contributed by atoms with Crippen molar-refractivity contribution in [3.05, 3.63) is 42.0 Å². The molecule has 3 rings (SSSR count). The molecule has 0 unspecified atom stereocenters. The quantitative estimate of drug-likeness (QED) is 0.461. The molecule has 1 heterocycles. The predicted octanol–water partition coefficient (Wildman–Crippen LogP) is 1.77. The van der Waals surface area contributed by atoms with E-state index in [-0.39, 0.29) is 11.8 Å². The van der Waals surface area contributed by atoms with Gasteiger partial charge in [0.1, 0.15) is 6.04 Å². The molecule has 1 aliphatic carbocycles. The highest BCUT2D eigenvalue weighted by molar-refractivity contribution is 6.08. The standard InChI is InChI=1S/C21H21N3O5/c1-12(24-19(26)16-5-3-4-6-17(16)20(24)27)21(28)29-13(2)18(25)23-15-9-7-14(11-22)8-10-15/h3-4,7-10,12-13,16-17H,5-6H2,1-2H3,(H,23,25)/t12-,13+,16-,17+/m0/s1. The average molecular weight is 395 g/mol. The maximum Gasteiger partial charge on any atom is 0.329 e. The van der Waals surface area contributed by atoms with Crippen LogP contribution in [0.2, 0.25) is 0 Å². The summed E-state index contributed by atoms with van der Waals surface area (Å²) in [4.78, 5) is 50.9. The molecule has 1 aliphatic heterocycles. The molecule has 0 aromatic heterocycles. The van der Waals surface area contributed by atoms with Crippen molar-refractivity contribution in [2.75, 3.05) is 5.32 Å². The number of hydrogen-bond acceptors (Lipinski definition) is 6. The van der Waals surface area contributed by atoms with Crippen molar-refractivity contribution < 1.29 is 23.9 Å². The van der Waals surface area contributed by atoms with Crippen LogP contribution >= 0.6 is 0 Å². The van der Waals surface area contributed by atoms with Crippen molar-refractivity contribution in [3.63, 3.8) is 0 Å². The molecule has 0 spiro atoms. The van der Waals surface area contributed by atoms with Crippen LogP contribution in [0.3, 0.4) is 0 Å². The summed E-state index contributed by atoms with van der Waals surface area (Å²) in [6, 6.07) is 7.09. The molecule has 8 heteroatoms. The van der Waals surface area contributed by atoms with Gasteiger partial charge in [-0.1, -0.05) is 12.2 Å². The Labute approximate surface area is 168 Å². The predicted molar refractivity (Wildman–Crippen MR) is 102 cm³/mol. The Kier molecular flexibility index (Phi) is 5.78. The minimum Gasteiger partial charge on any atom is -0.451 e. The number of benzene rings is 1. The van der Waals surface area contributed by atoms with E-state index in [9.17, 15) is 19.2 Å². The Balaban J connectivity index is 1.60. The molecule has 0 bridgehead atoms. The molecular formula is C21H21N3O5. The second-order valence-corrected chi connectivity index (χ2v) is 7.14. The third-order valence-electron chi connectivity index (χ3n) is 5.21. The highest BCUT2D eigenvalue weighted by Gasteiger charge is 2.50. The van der Waals surface area contributed by atoms with E-state index in [0.717, 1.165) is 4.90 Å². The van der Waals surface area contributed by atoms with Crippen molar-refractivity contribution in [3.8, 4) is 6.07 Å². The van der Waals surface area contributed by atoms with E-state index >= 15 is 0 Å². The minimum atomic E-state index is -1.13. The molecule has 4 atom stereocenters. The Morgan fingerprint density at radius 3 is 2.17 bits per heavy atom. The Bertz CT molecular complexity index is 889. The molecule has 0 saturated carbocycles. The number of allylic oxidation sites excluding steroid dienone is 2. The lowest BCUT2D eigenvalue weighted by Crippen LogP contribution is -2.46. The van der Waals surface area contributed by atoms with Crippen molar-refractivity contribution in [2.24, 2.45) is 11.8 Å². The van der Waals surface area contributed by atoms with E-state index in [0.29, 0.717) is 24.1 Å². The number of nitrogens with one attached hydrogen (secondary N) is 1. The first-order valence-corrected chi connectivity index (χ1v) is 9.37. The number of amides is 3. The van der Waals surface area contributed by atoms with Crippen LogP contribution in [-0.4, -0.2) is 40.7 Å². The summed E-state index contributed by atoms with van der Waals surface area (Å²) in [5, 5.41) is 11.4. The lowest BCUT2D eigenvalue weighted by Gasteiger charge is -2.23. The van der Waals surface area contributed by atoms with Gasteiger partial charge in [-0.2, -0.15) is 5.26 Å². The molecule has 1 saturated heterocycles. The maximum absolute atomic E-state index is 12.6. The molecule has 29 heavy (non-hydrogen) atoms. The lowest BCUT2D eigenvalue weighted by atomic mass is 9.85. The Hall–Kier alpha value is -3.47. The molecule has 1 fully saturated rings. The SMILES string of the molecule is C[C@@H](OC(=O)[C@H](C)N1C(=O)[C@H]2CC=CC[C@H]2C1=O)C(=O)Nc1ccc(C#N)cc1. The summed E-state index contributed by atoms with van der Waals surface area (Å²) in [7, 11) is 0. The highest BCUT2D eigenvalue weighted by Crippen LogP contribution is 2.36. The number of likely N-dealkylation sites (tertiary alicyclic amines) is 1. The summed E-state index contributed by atoms with van der Waals surface area (Å²) < 4.78 is 5.19. The monoisotopic (exact) mass is 395 g/mol. The van der Waals surface area contributed by atoms with E-state index < -0.39 is 35.9 Å². The smallest absolute Gasteiger partial charge is 0.329 e. The van der Waals surface area contributed by atoms with E-state index in [2.05, 4.69) is 5.32 Å². The maximum atomic E-state index is 12.6. The van der Waals surface area contributed by atoms with E-state index in [1.807, 2.05) is 18.2 Å². The molecule has 150 valence electrons. The van der Waals surface area contributed by atoms with Crippen LogP contribution in [0.5, 0.6) is 0 Å². The lowest BCUT2D eigenvalue weighted by molar-refractivity contribution is -0.163. The van der Waals surface area contributed by atoms with Crippen LogP contribution in [0, 0.1) is 23.2 Å². The van der Waals surface area contributed by atoms with Crippen molar-refractivity contribution in [1.82, 2.24) is 4.90 Å². The van der Waals surface area contributed by atoms with Crippen LogP contribution in [0.25, 0.3) is 0 Å². The van der Waals surface area contributed by atoms with Gasteiger partial charge in [-0.3, -0.25) is 19.3 Å². The second-order valence-electron chi connectivity index (χ2n) is 7.14. The normalized spacial score (nSPS) is 22.4. The van der Waals surface area contributed by atoms with Gasteiger partial charge in [-0.25, -0.2) is 4.79 Å². The number of carbonyl (C=O) groups is 4. The summed E-state index contributed by atoms with van der Waals surface area (Å²) in [5.41, 5.74) is 0.901. The number of esters is 1. The number of nitriles is 1. The van der Waals surface area contributed by atoms with Crippen LogP contribution in [0.4, 0.5) is 5.69 Å². The number of fused-ring (bicyclic) bond motifs is 1. The van der Waals surface area contributed by atoms with Gasteiger partial charge >= 0.3 is 5.97 Å². The number of imide groups is 1. The minimum absolute atomic E-state index is 0.372. The first-order chi connectivity index (χ1) is 13.8. The van der Waals surface area contributed by atoms with Gasteiger partial charge in [0.05, 0.1) is 23.5 Å². The number of hydrogen-bond donors (Lipinski definition) is 1. The number of anilines is 1. The third kappa shape index (κ3) is 4.04. The van der Waals surface area contributed by atoms with Gasteiger partial charge in [0, 0.05) is 5.69 Å². The fraction of sp³-hybridized carbons (Fsp3) is 0.381. The highest BCUT2D eigenvalue weighted by atomic mass is 16.5. The van der Waals surface area contributed by atoms with Gasteiger partial charge in [-0.15, -0.1) is 0 Å². The summed E-state index contributed by atoms with van der Waals surface area (Å²) in [6.07, 6.45) is 3.58. The summed E-state index contributed by atoms with van der Waals surface area (Å²) >= 11 is 0. The fourth-order valence-corrected chi connectivity index (χ4v) is 3.51. The summed E-state index contributed by atoms with van der Waals surface area (Å²) in [6.45, 7) is 2.83. The average Bonchev–Trinajstić information content (AvgIpc) is 2.98. The zero-order valence-electron chi connectivity index (χ0n) is 16.1. The first kappa shape index (κ1) is 20.3. The van der Waals surface area contributed by atoms with E-state index in [1.165, 1.54) is 13.8 Å². The van der Waals surface area contributed by atoms with Crippen LogP contribution in [-0.2, 0) is 23.9 Å². The van der Waals surface area contributed by atoms with Crippen molar-refractivity contribution in [1.29, 1.82) is 5.26 Å². The molecule has 0 radical (unpaired) electrons. The molecule has 1 N–H and O–H groups in total. The zero-order chi connectivity index (χ0) is 21.1. The molecule has 1 aromatic rings. The number of ether oxygens (including phenoxy) is 1. The van der Waals surface area contributed by atoms with E-state index in [4.69, 9.17) is 10.00 Å². The molecule has 1 aromatic carbocycles. The van der Waals surface area contributed by atoms with Crippen molar-refractivity contribution in [2.45, 2.75) is 38.8 Å². The Morgan fingerprint density at radius 1 is 1.10 bits per heavy atom. The fourth-order valence-electron chi connectivity index (χ4n) is 3.51. The molecule has 2 aliphatic rings. The second kappa shape index (κ2) is 8.27. The van der Waals surface area contributed by atoms with Crippen LogP contribution in [0.15, 0.2) is 36.4 Å². The van der Waals surface area contributed by atoms with Gasteiger partial charge in [-0.05, 0) is 51.0 Å². The summed E-state index contributed by atoms with van der Waals surface area (Å²) in [5.74, 6) is -2.99. The zero-order valence-corrected chi connectivity index (χ0v) is 16.1. The van der Waals surface area contributed by atoms with Crippen LogP contribution < -0.4 is 5.32 Å². The van der Waals surface area contributed by atoms with Crippen molar-refractivity contribution >= 4 is 29.4 Å². The number of nitrogens with zero attached hydrogens (tertiary/aromatic N) is 2.